The van der Waals surface area contributed by atoms with E-state index in [0.717, 1.165) is 28.0 Å². The molecule has 0 amide bonds. The molecule has 0 saturated heterocycles. The molecule has 0 radical (unpaired) electrons. The first-order chi connectivity index (χ1) is 8.38. The van der Waals surface area contributed by atoms with Crippen LogP contribution in [0.1, 0.15) is 0 Å². The van der Waals surface area contributed by atoms with Crippen LogP contribution in [0.25, 0.3) is 22.2 Å². The van der Waals surface area contributed by atoms with Crippen LogP contribution in [0.5, 0.6) is 5.75 Å². The van der Waals surface area contributed by atoms with Gasteiger partial charge in [0.05, 0.1) is 7.11 Å². The Kier molecular flexibility index (Phi) is 2.29. The Bertz CT molecular complexity index is 641. The fourth-order valence-electron chi connectivity index (χ4n) is 1.84. The molecule has 0 spiro atoms. The maximum atomic E-state index is 5.38. The molecule has 1 aromatic heterocycles. The van der Waals surface area contributed by atoms with Crippen molar-refractivity contribution in [2.45, 2.75) is 0 Å². The topological polar surface area (TPSA) is 35.3 Å². The number of methoxy groups -OCH3 is 1. The van der Waals surface area contributed by atoms with Crippen molar-refractivity contribution in [1.29, 1.82) is 0 Å². The van der Waals surface area contributed by atoms with Crippen LogP contribution in [0.3, 0.4) is 0 Å². The first kappa shape index (κ1) is 9.90. The summed E-state index contributed by atoms with van der Waals surface area (Å²) < 4.78 is 10.5. The van der Waals surface area contributed by atoms with Crippen molar-refractivity contribution >= 4 is 10.9 Å². The van der Waals surface area contributed by atoms with Crippen LogP contribution in [-0.4, -0.2) is 12.3 Å². The summed E-state index contributed by atoms with van der Waals surface area (Å²) >= 11 is 0. The summed E-state index contributed by atoms with van der Waals surface area (Å²) in [6, 6.07) is 15.6. The molecule has 0 bridgehead atoms. The van der Waals surface area contributed by atoms with E-state index in [1.807, 2.05) is 48.5 Å². The minimum atomic E-state index is 0.795. The Labute approximate surface area is 98.6 Å². The SMILES string of the molecule is COc1ccc(-c2onc3ccccc23)cc1. The monoisotopic (exact) mass is 225 g/mol. The van der Waals surface area contributed by atoms with Crippen molar-refractivity contribution in [2.75, 3.05) is 7.11 Å². The fourth-order valence-corrected chi connectivity index (χ4v) is 1.84. The Morgan fingerprint density at radius 3 is 2.53 bits per heavy atom. The number of benzene rings is 2. The maximum absolute atomic E-state index is 5.38. The molecule has 3 nitrogen and oxygen atoms in total. The van der Waals surface area contributed by atoms with Gasteiger partial charge < -0.3 is 9.26 Å². The van der Waals surface area contributed by atoms with Gasteiger partial charge in [-0.3, -0.25) is 0 Å². The van der Waals surface area contributed by atoms with E-state index >= 15 is 0 Å². The van der Waals surface area contributed by atoms with Gasteiger partial charge in [0.2, 0.25) is 0 Å². The largest absolute Gasteiger partial charge is 0.497 e. The van der Waals surface area contributed by atoms with Crippen LogP contribution in [0.2, 0.25) is 0 Å². The number of fused-ring (bicyclic) bond motifs is 1. The molecule has 1 heterocycles. The molecule has 3 heteroatoms. The molecular formula is C14H11NO2. The molecular weight excluding hydrogens is 214 g/mol. The van der Waals surface area contributed by atoms with Crippen molar-refractivity contribution in [2.24, 2.45) is 0 Å². The van der Waals surface area contributed by atoms with Crippen LogP contribution < -0.4 is 4.74 Å². The van der Waals surface area contributed by atoms with E-state index in [1.165, 1.54) is 0 Å². The zero-order valence-electron chi connectivity index (χ0n) is 9.38. The summed E-state index contributed by atoms with van der Waals surface area (Å²) in [5.74, 6) is 1.63. The average molecular weight is 225 g/mol. The molecule has 3 rings (SSSR count). The second-order valence-corrected chi connectivity index (χ2v) is 3.76. The highest BCUT2D eigenvalue weighted by atomic mass is 16.5. The first-order valence-electron chi connectivity index (χ1n) is 5.37. The Hall–Kier alpha value is -2.29. The van der Waals surface area contributed by atoms with Crippen molar-refractivity contribution in [3.8, 4) is 17.1 Å². The quantitative estimate of drug-likeness (QED) is 0.669. The number of ether oxygens (including phenoxy) is 1. The van der Waals surface area contributed by atoms with Gasteiger partial charge in [-0.15, -0.1) is 0 Å². The van der Waals surface area contributed by atoms with Crippen molar-refractivity contribution in [1.82, 2.24) is 5.16 Å². The second kappa shape index (κ2) is 3.94. The van der Waals surface area contributed by atoms with Gasteiger partial charge in [0, 0.05) is 10.9 Å². The van der Waals surface area contributed by atoms with E-state index in [1.54, 1.807) is 7.11 Å². The number of hydrogen-bond acceptors (Lipinski definition) is 3. The maximum Gasteiger partial charge on any atom is 0.174 e. The normalized spacial score (nSPS) is 10.6. The van der Waals surface area contributed by atoms with Gasteiger partial charge >= 0.3 is 0 Å². The highest BCUT2D eigenvalue weighted by Crippen LogP contribution is 2.29. The Morgan fingerprint density at radius 1 is 1.00 bits per heavy atom. The van der Waals surface area contributed by atoms with E-state index in [-0.39, 0.29) is 0 Å². The van der Waals surface area contributed by atoms with Gasteiger partial charge in [-0.25, -0.2) is 0 Å². The van der Waals surface area contributed by atoms with Crippen LogP contribution in [0.15, 0.2) is 53.1 Å². The molecule has 0 aliphatic rings. The molecule has 0 saturated carbocycles. The van der Waals surface area contributed by atoms with Gasteiger partial charge in [-0.1, -0.05) is 17.3 Å². The Balaban J connectivity index is 2.13. The van der Waals surface area contributed by atoms with E-state index in [0.29, 0.717) is 0 Å². The predicted octanol–water partition coefficient (Wildman–Crippen LogP) is 3.50. The molecule has 0 aliphatic heterocycles. The lowest BCUT2D eigenvalue weighted by Crippen LogP contribution is -1.81. The molecule has 0 atom stereocenters. The van der Waals surface area contributed by atoms with E-state index in [4.69, 9.17) is 9.26 Å². The third kappa shape index (κ3) is 1.65. The molecule has 0 unspecified atom stereocenters. The minimum Gasteiger partial charge on any atom is -0.497 e. The van der Waals surface area contributed by atoms with Gasteiger partial charge in [0.25, 0.3) is 0 Å². The molecule has 3 aromatic rings. The van der Waals surface area contributed by atoms with Gasteiger partial charge in [-0.2, -0.15) is 0 Å². The van der Waals surface area contributed by atoms with Crippen molar-refractivity contribution in [3.05, 3.63) is 48.5 Å². The summed E-state index contributed by atoms with van der Waals surface area (Å²) in [4.78, 5) is 0. The van der Waals surface area contributed by atoms with Crippen molar-refractivity contribution < 1.29 is 9.26 Å². The van der Waals surface area contributed by atoms with Gasteiger partial charge in [-0.05, 0) is 36.4 Å². The molecule has 0 fully saturated rings. The zero-order valence-corrected chi connectivity index (χ0v) is 9.38. The van der Waals surface area contributed by atoms with E-state index in [9.17, 15) is 0 Å². The summed E-state index contributed by atoms with van der Waals surface area (Å²) in [6.07, 6.45) is 0. The molecule has 0 aliphatic carbocycles. The van der Waals surface area contributed by atoms with Gasteiger partial charge in [0.1, 0.15) is 11.3 Å². The lowest BCUT2D eigenvalue weighted by atomic mass is 10.1. The number of aromatic nitrogens is 1. The number of rotatable bonds is 2. The van der Waals surface area contributed by atoms with Crippen LogP contribution in [0.4, 0.5) is 0 Å². The summed E-state index contributed by atoms with van der Waals surface area (Å²) in [7, 11) is 1.65. The lowest BCUT2D eigenvalue weighted by Gasteiger charge is -2.00. The van der Waals surface area contributed by atoms with Crippen LogP contribution >= 0.6 is 0 Å². The molecule has 84 valence electrons. The summed E-state index contributed by atoms with van der Waals surface area (Å²) in [6.45, 7) is 0. The van der Waals surface area contributed by atoms with Crippen molar-refractivity contribution in [3.63, 3.8) is 0 Å². The third-order valence-electron chi connectivity index (χ3n) is 2.74. The number of hydrogen-bond donors (Lipinski definition) is 0. The zero-order chi connectivity index (χ0) is 11.7. The molecule has 0 N–H and O–H groups in total. The molecule has 17 heavy (non-hydrogen) atoms. The highest BCUT2D eigenvalue weighted by Gasteiger charge is 2.09. The second-order valence-electron chi connectivity index (χ2n) is 3.76. The highest BCUT2D eigenvalue weighted by molar-refractivity contribution is 5.91. The minimum absolute atomic E-state index is 0.795. The van der Waals surface area contributed by atoms with Crippen LogP contribution in [0, 0.1) is 0 Å². The van der Waals surface area contributed by atoms with E-state index < -0.39 is 0 Å². The molecule has 2 aromatic carbocycles. The average Bonchev–Trinajstić information content (AvgIpc) is 2.83. The summed E-state index contributed by atoms with van der Waals surface area (Å²) in [5.41, 5.74) is 1.87. The lowest BCUT2D eigenvalue weighted by molar-refractivity contribution is 0.414. The third-order valence-corrected chi connectivity index (χ3v) is 2.74. The fraction of sp³-hybridized carbons (Fsp3) is 0.0714. The number of nitrogens with zero attached hydrogens (tertiary/aromatic N) is 1. The first-order valence-corrected chi connectivity index (χ1v) is 5.37. The Morgan fingerprint density at radius 2 is 1.76 bits per heavy atom. The van der Waals surface area contributed by atoms with E-state index in [2.05, 4.69) is 5.16 Å². The predicted molar refractivity (Wildman–Crippen MR) is 66.0 cm³/mol. The standard InChI is InChI=1S/C14H11NO2/c1-16-11-8-6-10(7-9-11)14-12-4-2-3-5-13(12)15-17-14/h2-9H,1H3. The van der Waals surface area contributed by atoms with Gasteiger partial charge in [0.15, 0.2) is 5.76 Å². The summed E-state index contributed by atoms with van der Waals surface area (Å²) in [5, 5.41) is 5.06. The van der Waals surface area contributed by atoms with Crippen LogP contribution in [-0.2, 0) is 0 Å². The smallest absolute Gasteiger partial charge is 0.174 e.